The van der Waals surface area contributed by atoms with Gasteiger partial charge < -0.3 is 0 Å². The zero-order chi connectivity index (χ0) is 4.50. The van der Waals surface area contributed by atoms with Gasteiger partial charge in [-0.25, -0.2) is 8.42 Å². The first-order chi connectivity index (χ1) is 2.00. The van der Waals surface area contributed by atoms with Crippen LogP contribution in [0, 0.1) is 0 Å². The Morgan fingerprint density at radius 1 is 1.60 bits per heavy atom. The molecule has 0 heterocycles. The molecule has 0 N–H and O–H groups in total. The minimum Gasteiger partial charge on any atom is -0.221 e. The Balaban J connectivity index is 4.06. The summed E-state index contributed by atoms with van der Waals surface area (Å²) in [6.45, 7) is 0. The second kappa shape index (κ2) is 1.28. The fraction of sp³-hybridized carbons (Fsp3) is 0. The Hall–Kier alpha value is 0.457. The highest BCUT2D eigenvalue weighted by Gasteiger charge is 1.85. The van der Waals surface area contributed by atoms with E-state index in [4.69, 9.17) is 0 Å². The molecule has 0 bridgehead atoms. The molecule has 0 atom stereocenters. The molecule has 5 heteroatoms. The second-order valence-electron chi connectivity index (χ2n) is 0.438. The van der Waals surface area contributed by atoms with Crippen molar-refractivity contribution in [2.75, 3.05) is 0 Å². The van der Waals surface area contributed by atoms with Gasteiger partial charge in [0.15, 0.2) is 8.50 Å². The van der Waals surface area contributed by atoms with Gasteiger partial charge in [0.25, 0.3) is 0 Å². The van der Waals surface area contributed by atoms with Crippen LogP contribution in [0.4, 0.5) is 0 Å². The lowest BCUT2D eigenvalue weighted by Gasteiger charge is -1.64. The van der Waals surface area contributed by atoms with E-state index in [1.807, 2.05) is 0 Å². The molecule has 0 amide bonds. The molecule has 2 nitrogen and oxygen atoms in total. The molecule has 0 aromatic rings. The smallest absolute Gasteiger partial charge is 0.221 e. The summed E-state index contributed by atoms with van der Waals surface area (Å²) >= 11 is 0. The van der Waals surface area contributed by atoms with Crippen molar-refractivity contribution in [1.29, 1.82) is 0 Å². The zero-order valence-corrected chi connectivity index (χ0v) is 4.68. The van der Waals surface area contributed by atoms with Gasteiger partial charge in [-0.3, -0.25) is 0 Å². The molecule has 0 fully saturated rings. The lowest BCUT2D eigenvalue weighted by molar-refractivity contribution is 0.621. The molecular weight excluding hydrogens is 128 g/mol. The lowest BCUT2D eigenvalue weighted by atomic mass is 15.9. The Labute approximate surface area is 37.6 Å². The van der Waals surface area contributed by atoms with Crippen molar-refractivity contribution in [3.63, 3.8) is 0 Å². The Morgan fingerprint density at radius 3 is 1.60 bits per heavy atom. The lowest BCUT2D eigenvalue weighted by Crippen LogP contribution is -1.79. The summed E-state index contributed by atoms with van der Waals surface area (Å²) in [6, 6.07) is 0. The Morgan fingerprint density at radius 2 is 1.60 bits per heavy atom. The molecule has 0 spiro atoms. The summed E-state index contributed by atoms with van der Waals surface area (Å²) in [7, 11) is 3.18. The monoisotopic (exact) mass is 127 g/mol. The van der Waals surface area contributed by atoms with E-state index >= 15 is 0 Å². The van der Waals surface area contributed by atoms with Gasteiger partial charge in [-0.15, -0.1) is 0 Å². The maximum atomic E-state index is 9.31. The molecule has 0 aliphatic carbocycles. The average Bonchev–Trinajstić information content (AvgIpc) is 0.722. The van der Waals surface area contributed by atoms with Crippen molar-refractivity contribution in [2.45, 2.75) is 0 Å². The van der Waals surface area contributed by atoms with E-state index in [0.29, 0.717) is 0 Å². The largest absolute Gasteiger partial charge is 0.237 e. The van der Waals surface area contributed by atoms with E-state index < -0.39 is 8.50 Å². The van der Waals surface area contributed by atoms with Gasteiger partial charge in [0.05, 0.1) is 0 Å². The SMILES string of the molecule is O=S(=O)([Si])Cl. The van der Waals surface area contributed by atoms with Gasteiger partial charge in [0, 0.05) is 10.7 Å². The van der Waals surface area contributed by atoms with Crippen LogP contribution in [0.2, 0.25) is 0 Å². The van der Waals surface area contributed by atoms with Crippen molar-refractivity contribution in [1.82, 2.24) is 0 Å². The highest BCUT2D eigenvalue weighted by molar-refractivity contribution is 8.30. The summed E-state index contributed by atoms with van der Waals surface area (Å²) in [5, 5.41) is 0. The van der Waals surface area contributed by atoms with Gasteiger partial charge in [-0.05, 0) is 0 Å². The maximum absolute atomic E-state index is 9.31. The number of rotatable bonds is 0. The first-order valence-corrected chi connectivity index (χ1v) is 4.23. The van der Waals surface area contributed by atoms with E-state index in [1.54, 1.807) is 0 Å². The third kappa shape index (κ3) is 129. The van der Waals surface area contributed by atoms with Crippen LogP contribution < -0.4 is 0 Å². The highest BCUT2D eigenvalue weighted by atomic mass is 35.7. The molecule has 0 saturated heterocycles. The van der Waals surface area contributed by atoms with Gasteiger partial charge in [-0.1, -0.05) is 0 Å². The summed E-state index contributed by atoms with van der Waals surface area (Å²) in [4.78, 5) is 0. The van der Waals surface area contributed by atoms with Crippen LogP contribution in [-0.4, -0.2) is 17.8 Å². The molecule has 0 aromatic carbocycles. The third-order valence-electron chi connectivity index (χ3n) is 0. The van der Waals surface area contributed by atoms with E-state index in [9.17, 15) is 8.42 Å². The van der Waals surface area contributed by atoms with Gasteiger partial charge in [0.2, 0.25) is 9.39 Å². The Kier molecular flexibility index (Phi) is 1.39. The van der Waals surface area contributed by atoms with Crippen molar-refractivity contribution in [2.24, 2.45) is 0 Å². The molecule has 29 valence electrons. The molecule has 3 radical (unpaired) electrons. The van der Waals surface area contributed by atoms with Crippen LogP contribution >= 0.6 is 10.7 Å². The molecule has 0 aliphatic rings. The minimum atomic E-state index is -3.39. The second-order valence-corrected chi connectivity index (χ2v) is 4.92. The van der Waals surface area contributed by atoms with Crippen LogP contribution in [0.15, 0.2) is 0 Å². The first kappa shape index (κ1) is 5.46. The van der Waals surface area contributed by atoms with Crippen LogP contribution in [0.5, 0.6) is 0 Å². The predicted molar refractivity (Wildman–Crippen MR) is 20.5 cm³/mol. The molecule has 5 heavy (non-hydrogen) atoms. The topological polar surface area (TPSA) is 34.1 Å². The summed E-state index contributed by atoms with van der Waals surface area (Å²) < 4.78 is 18.6. The van der Waals surface area contributed by atoms with Crippen molar-refractivity contribution in [3.8, 4) is 0 Å². The zero-order valence-electron chi connectivity index (χ0n) is 2.10. The molecule has 0 saturated carbocycles. The number of hydrogen-bond acceptors (Lipinski definition) is 2. The number of hydrogen-bond donors (Lipinski definition) is 0. The van der Waals surface area contributed by atoms with Crippen LogP contribution in [0.3, 0.4) is 0 Å². The molecule has 0 aliphatic heterocycles. The average molecular weight is 128 g/mol. The summed E-state index contributed by atoms with van der Waals surface area (Å²) in [6.07, 6.45) is 0. The van der Waals surface area contributed by atoms with E-state index in [2.05, 4.69) is 20.1 Å². The highest BCUT2D eigenvalue weighted by Crippen LogP contribution is 1.81. The van der Waals surface area contributed by atoms with Crippen LogP contribution in [0.25, 0.3) is 0 Å². The normalized spacial score (nSPS) is 11.6. The maximum Gasteiger partial charge on any atom is 0.237 e. The molecular formula is ClO2SSi. The summed E-state index contributed by atoms with van der Waals surface area (Å²) in [5.41, 5.74) is 0. The quantitative estimate of drug-likeness (QED) is 0.329. The fourth-order valence-electron chi connectivity index (χ4n) is 0. The van der Waals surface area contributed by atoms with Gasteiger partial charge in [0.1, 0.15) is 0 Å². The number of halogens is 1. The van der Waals surface area contributed by atoms with Crippen molar-refractivity contribution in [3.05, 3.63) is 0 Å². The molecule has 0 unspecified atom stereocenters. The van der Waals surface area contributed by atoms with Crippen molar-refractivity contribution >= 4 is 28.6 Å². The first-order valence-electron chi connectivity index (χ1n) is 0.692. The van der Waals surface area contributed by atoms with E-state index in [0.717, 1.165) is 0 Å². The van der Waals surface area contributed by atoms with Crippen LogP contribution in [-0.2, 0) is 8.50 Å². The van der Waals surface area contributed by atoms with E-state index in [-0.39, 0.29) is 0 Å². The molecule has 0 rings (SSSR count). The van der Waals surface area contributed by atoms with Crippen molar-refractivity contribution < 1.29 is 8.42 Å². The van der Waals surface area contributed by atoms with Gasteiger partial charge in [-0.2, -0.15) is 0 Å². The molecule has 0 aromatic heterocycles. The fourth-order valence-corrected chi connectivity index (χ4v) is 0. The van der Waals surface area contributed by atoms with Crippen LogP contribution in [0.1, 0.15) is 0 Å². The standard InChI is InChI=1S/ClO2SSi/c1-4(2,3)5. The Bertz CT molecular complexity index is 92.8. The van der Waals surface area contributed by atoms with Gasteiger partial charge >= 0.3 is 0 Å². The summed E-state index contributed by atoms with van der Waals surface area (Å²) in [5.74, 6) is 0. The minimum absolute atomic E-state index is 2.16. The van der Waals surface area contributed by atoms with E-state index in [1.165, 1.54) is 0 Å². The predicted octanol–water partition coefficient (Wildman–Crippen LogP) is -0.361. The third-order valence-corrected chi connectivity index (χ3v) is 0.